The van der Waals surface area contributed by atoms with Crippen molar-refractivity contribution in [3.8, 4) is 0 Å². The Labute approximate surface area is 124 Å². The molecule has 2 atom stereocenters. The van der Waals surface area contributed by atoms with Gasteiger partial charge < -0.3 is 10.2 Å². The Morgan fingerprint density at radius 2 is 2.11 bits per heavy atom. The molecule has 2 unspecified atom stereocenters. The molecule has 3 nitrogen and oxygen atoms in total. The van der Waals surface area contributed by atoms with Gasteiger partial charge in [-0.05, 0) is 30.0 Å². The molecule has 19 heavy (non-hydrogen) atoms. The summed E-state index contributed by atoms with van der Waals surface area (Å²) in [6.45, 7) is 2.99. The van der Waals surface area contributed by atoms with Crippen LogP contribution in [-0.2, 0) is 6.54 Å². The molecule has 0 heterocycles. The van der Waals surface area contributed by atoms with Gasteiger partial charge >= 0.3 is 0 Å². The maximum atomic E-state index is 6.03. The van der Waals surface area contributed by atoms with Crippen LogP contribution in [0.4, 0.5) is 0 Å². The van der Waals surface area contributed by atoms with Gasteiger partial charge in [-0.2, -0.15) is 0 Å². The number of benzene rings is 1. The predicted molar refractivity (Wildman–Crippen MR) is 82.0 cm³/mol. The first-order valence-electron chi connectivity index (χ1n) is 6.39. The molecule has 0 aromatic heterocycles. The van der Waals surface area contributed by atoms with Crippen LogP contribution in [0.5, 0.6) is 0 Å². The number of aliphatic imine (C=N–C) groups is 1. The molecule has 104 valence electrons. The highest BCUT2D eigenvalue weighted by atomic mass is 35.5. The Morgan fingerprint density at radius 3 is 2.63 bits per heavy atom. The van der Waals surface area contributed by atoms with Crippen LogP contribution in [-0.4, -0.2) is 31.0 Å². The van der Waals surface area contributed by atoms with Crippen LogP contribution < -0.4 is 5.32 Å². The summed E-state index contributed by atoms with van der Waals surface area (Å²) in [6.07, 6.45) is 1.22. The predicted octanol–water partition coefficient (Wildman–Crippen LogP) is 3.41. The number of hydrogen-bond donors (Lipinski definition) is 1. The Bertz CT molecular complexity index is 488. The first-order chi connectivity index (χ1) is 9.01. The standard InChI is InChI=1S/C14H19Cl2N3/c1-9-6-13(9)18-14(17-2)19(3)8-10-4-5-11(15)12(16)7-10/h4-5,7,9,13H,6,8H2,1-3H3,(H,17,18). The summed E-state index contributed by atoms with van der Waals surface area (Å²) >= 11 is 11.9. The number of nitrogens with one attached hydrogen (secondary N) is 1. The summed E-state index contributed by atoms with van der Waals surface area (Å²) in [7, 11) is 3.83. The highest BCUT2D eigenvalue weighted by Crippen LogP contribution is 2.29. The summed E-state index contributed by atoms with van der Waals surface area (Å²) in [5.74, 6) is 1.66. The molecule has 1 fully saturated rings. The second kappa shape index (κ2) is 6.02. The number of hydrogen-bond acceptors (Lipinski definition) is 1. The van der Waals surface area contributed by atoms with E-state index >= 15 is 0 Å². The third-order valence-corrected chi connectivity index (χ3v) is 4.14. The van der Waals surface area contributed by atoms with Crippen molar-refractivity contribution in [2.24, 2.45) is 10.9 Å². The molecule has 0 amide bonds. The van der Waals surface area contributed by atoms with Crippen LogP contribution >= 0.6 is 23.2 Å². The van der Waals surface area contributed by atoms with Gasteiger partial charge in [0, 0.05) is 26.7 Å². The molecular formula is C14H19Cl2N3. The SMILES string of the molecule is CN=C(NC1CC1C)N(C)Cc1ccc(Cl)c(Cl)c1. The zero-order valence-electron chi connectivity index (χ0n) is 11.5. The highest BCUT2D eigenvalue weighted by molar-refractivity contribution is 6.42. The van der Waals surface area contributed by atoms with Crippen LogP contribution in [0.15, 0.2) is 23.2 Å². The van der Waals surface area contributed by atoms with Gasteiger partial charge in [0.15, 0.2) is 5.96 Å². The third kappa shape index (κ3) is 3.77. The Hall–Kier alpha value is -0.930. The highest BCUT2D eigenvalue weighted by Gasteiger charge is 2.33. The van der Waals surface area contributed by atoms with E-state index in [1.165, 1.54) is 6.42 Å². The smallest absolute Gasteiger partial charge is 0.193 e. The Balaban J connectivity index is 1.98. The van der Waals surface area contributed by atoms with E-state index in [2.05, 4.69) is 22.1 Å². The third-order valence-electron chi connectivity index (χ3n) is 3.40. The van der Waals surface area contributed by atoms with Crippen molar-refractivity contribution in [2.45, 2.75) is 25.9 Å². The number of nitrogens with zero attached hydrogens (tertiary/aromatic N) is 2. The molecule has 2 rings (SSSR count). The van der Waals surface area contributed by atoms with Gasteiger partial charge in [-0.1, -0.05) is 36.2 Å². The van der Waals surface area contributed by atoms with Crippen LogP contribution in [0.3, 0.4) is 0 Å². The first kappa shape index (κ1) is 14.5. The van der Waals surface area contributed by atoms with Crippen LogP contribution in [0.1, 0.15) is 18.9 Å². The van der Waals surface area contributed by atoms with Crippen LogP contribution in [0.2, 0.25) is 10.0 Å². The zero-order chi connectivity index (χ0) is 14.0. The van der Waals surface area contributed by atoms with Crippen LogP contribution in [0, 0.1) is 5.92 Å². The monoisotopic (exact) mass is 299 g/mol. The molecule has 1 aliphatic rings. The van der Waals surface area contributed by atoms with Gasteiger partial charge in [0.2, 0.25) is 0 Å². The minimum Gasteiger partial charge on any atom is -0.353 e. The fourth-order valence-corrected chi connectivity index (χ4v) is 2.34. The second-order valence-corrected chi connectivity index (χ2v) is 5.93. The molecule has 0 bridgehead atoms. The van der Waals surface area contributed by atoms with Gasteiger partial charge in [0.05, 0.1) is 10.0 Å². The molecule has 5 heteroatoms. The fourth-order valence-electron chi connectivity index (χ4n) is 2.02. The average molecular weight is 300 g/mol. The van der Waals surface area contributed by atoms with E-state index in [-0.39, 0.29) is 0 Å². The molecule has 0 spiro atoms. The van der Waals surface area contributed by atoms with Crippen molar-refractivity contribution in [1.29, 1.82) is 0 Å². The maximum absolute atomic E-state index is 6.03. The lowest BCUT2D eigenvalue weighted by atomic mass is 10.2. The largest absolute Gasteiger partial charge is 0.353 e. The Kier molecular flexibility index (Phi) is 4.58. The molecule has 1 aromatic rings. The minimum absolute atomic E-state index is 0.565. The van der Waals surface area contributed by atoms with Gasteiger partial charge in [0.25, 0.3) is 0 Å². The van der Waals surface area contributed by atoms with Crippen molar-refractivity contribution in [3.05, 3.63) is 33.8 Å². The average Bonchev–Trinajstić information content (AvgIpc) is 3.06. The lowest BCUT2D eigenvalue weighted by Gasteiger charge is -2.22. The molecule has 1 N–H and O–H groups in total. The van der Waals surface area contributed by atoms with Gasteiger partial charge in [-0.15, -0.1) is 0 Å². The number of halogens is 2. The molecule has 1 saturated carbocycles. The lowest BCUT2D eigenvalue weighted by Crippen LogP contribution is -2.40. The second-order valence-electron chi connectivity index (χ2n) is 5.12. The van der Waals surface area contributed by atoms with Gasteiger partial charge in [0.1, 0.15) is 0 Å². The summed E-state index contributed by atoms with van der Waals surface area (Å²) in [5.41, 5.74) is 1.11. The molecule has 1 aromatic carbocycles. The van der Waals surface area contributed by atoms with Crippen molar-refractivity contribution in [3.63, 3.8) is 0 Å². The van der Waals surface area contributed by atoms with E-state index in [1.54, 1.807) is 7.05 Å². The van der Waals surface area contributed by atoms with Crippen molar-refractivity contribution in [2.75, 3.05) is 14.1 Å². The van der Waals surface area contributed by atoms with Crippen molar-refractivity contribution >= 4 is 29.2 Å². The topological polar surface area (TPSA) is 27.6 Å². The van der Waals surface area contributed by atoms with E-state index in [9.17, 15) is 0 Å². The summed E-state index contributed by atoms with van der Waals surface area (Å²) in [4.78, 5) is 6.40. The van der Waals surface area contributed by atoms with Crippen molar-refractivity contribution in [1.82, 2.24) is 10.2 Å². The van der Waals surface area contributed by atoms with E-state index in [0.29, 0.717) is 16.1 Å². The van der Waals surface area contributed by atoms with Gasteiger partial charge in [-0.25, -0.2) is 0 Å². The fraction of sp³-hybridized carbons (Fsp3) is 0.500. The molecule has 1 aliphatic carbocycles. The van der Waals surface area contributed by atoms with E-state index < -0.39 is 0 Å². The van der Waals surface area contributed by atoms with E-state index in [4.69, 9.17) is 23.2 Å². The lowest BCUT2D eigenvalue weighted by molar-refractivity contribution is 0.474. The van der Waals surface area contributed by atoms with Gasteiger partial charge in [-0.3, -0.25) is 4.99 Å². The maximum Gasteiger partial charge on any atom is 0.193 e. The zero-order valence-corrected chi connectivity index (χ0v) is 13.0. The summed E-state index contributed by atoms with van der Waals surface area (Å²) in [5, 5.41) is 4.63. The first-order valence-corrected chi connectivity index (χ1v) is 7.15. The normalized spacial score (nSPS) is 22.3. The molecule has 0 radical (unpaired) electrons. The van der Waals surface area contributed by atoms with E-state index in [0.717, 1.165) is 24.0 Å². The quantitative estimate of drug-likeness (QED) is 0.684. The number of rotatable bonds is 3. The molecule has 0 aliphatic heterocycles. The van der Waals surface area contributed by atoms with Crippen molar-refractivity contribution < 1.29 is 0 Å². The number of guanidine groups is 1. The Morgan fingerprint density at radius 1 is 1.42 bits per heavy atom. The van der Waals surface area contributed by atoms with E-state index in [1.807, 2.05) is 25.2 Å². The summed E-state index contributed by atoms with van der Waals surface area (Å²) < 4.78 is 0. The molecular weight excluding hydrogens is 281 g/mol. The summed E-state index contributed by atoms with van der Waals surface area (Å²) in [6, 6.07) is 6.27. The van der Waals surface area contributed by atoms with Crippen LogP contribution in [0.25, 0.3) is 0 Å². The molecule has 0 saturated heterocycles. The minimum atomic E-state index is 0.565.